The van der Waals surface area contributed by atoms with Gasteiger partial charge in [0, 0.05) is 36.9 Å². The summed E-state index contributed by atoms with van der Waals surface area (Å²) >= 11 is 0. The summed E-state index contributed by atoms with van der Waals surface area (Å²) in [6, 6.07) is 5.01. The summed E-state index contributed by atoms with van der Waals surface area (Å²) in [5, 5.41) is 9.98. The maximum Gasteiger partial charge on any atom is 0.134 e. The molecule has 1 aromatic rings. The van der Waals surface area contributed by atoms with Gasteiger partial charge in [-0.05, 0) is 39.3 Å². The predicted molar refractivity (Wildman–Crippen MR) is 80.9 cm³/mol. The molecular formula is C16H25N3O. The van der Waals surface area contributed by atoms with Crippen molar-refractivity contribution in [3.8, 4) is 0 Å². The number of anilines is 1. The van der Waals surface area contributed by atoms with Gasteiger partial charge in [0.25, 0.3) is 0 Å². The number of fused-ring (bicyclic) bond motifs is 1. The van der Waals surface area contributed by atoms with Gasteiger partial charge in [-0.2, -0.15) is 0 Å². The Bertz CT molecular complexity index is 463. The van der Waals surface area contributed by atoms with Gasteiger partial charge < -0.3 is 10.0 Å². The summed E-state index contributed by atoms with van der Waals surface area (Å²) in [5.41, 5.74) is 0.948. The van der Waals surface area contributed by atoms with E-state index in [-0.39, 0.29) is 0 Å². The fourth-order valence-electron chi connectivity index (χ4n) is 3.62. The minimum absolute atomic E-state index is 0.455. The fraction of sp³-hybridized carbons (Fsp3) is 0.688. The van der Waals surface area contributed by atoms with E-state index in [1.165, 1.54) is 25.8 Å². The number of aromatic nitrogens is 1. The van der Waals surface area contributed by atoms with Crippen LogP contribution in [0.4, 0.5) is 5.82 Å². The second-order valence-corrected chi connectivity index (χ2v) is 6.24. The summed E-state index contributed by atoms with van der Waals surface area (Å²) in [4.78, 5) is 9.59. The van der Waals surface area contributed by atoms with Crippen LogP contribution < -0.4 is 4.90 Å². The first kappa shape index (κ1) is 13.8. The average molecular weight is 275 g/mol. The topological polar surface area (TPSA) is 39.6 Å². The number of hydrogen-bond donors (Lipinski definition) is 1. The summed E-state index contributed by atoms with van der Waals surface area (Å²) in [5.74, 6) is 0.972. The molecule has 2 saturated heterocycles. The molecule has 0 amide bonds. The maximum absolute atomic E-state index is 9.98. The van der Waals surface area contributed by atoms with Crippen molar-refractivity contribution in [3.63, 3.8) is 0 Å². The normalized spacial score (nSPS) is 29.1. The molecule has 1 N–H and O–H groups in total. The molecule has 3 atom stereocenters. The molecule has 0 bridgehead atoms. The number of aliphatic hydroxyl groups is 1. The van der Waals surface area contributed by atoms with Gasteiger partial charge in [0.15, 0.2) is 0 Å². The van der Waals surface area contributed by atoms with E-state index in [1.54, 1.807) is 0 Å². The molecule has 4 heteroatoms. The lowest BCUT2D eigenvalue weighted by molar-refractivity contribution is 0.114. The van der Waals surface area contributed by atoms with Crippen molar-refractivity contribution in [1.82, 2.24) is 9.88 Å². The number of hydrogen-bond acceptors (Lipinski definition) is 4. The van der Waals surface area contributed by atoms with E-state index in [1.807, 2.05) is 25.3 Å². The van der Waals surface area contributed by atoms with Gasteiger partial charge in [-0.1, -0.05) is 12.5 Å². The van der Waals surface area contributed by atoms with Crippen LogP contribution in [-0.4, -0.2) is 46.7 Å². The Morgan fingerprint density at radius 3 is 3.00 bits per heavy atom. The Balaban J connectivity index is 1.86. The molecule has 0 spiro atoms. The summed E-state index contributed by atoms with van der Waals surface area (Å²) in [7, 11) is 0. The zero-order valence-corrected chi connectivity index (χ0v) is 12.5. The number of piperazine rings is 1. The van der Waals surface area contributed by atoms with Crippen LogP contribution in [0.15, 0.2) is 18.3 Å². The fourth-order valence-corrected chi connectivity index (χ4v) is 3.62. The summed E-state index contributed by atoms with van der Waals surface area (Å²) < 4.78 is 0. The molecule has 0 aliphatic carbocycles. The summed E-state index contributed by atoms with van der Waals surface area (Å²) in [6.45, 7) is 7.49. The van der Waals surface area contributed by atoms with Gasteiger partial charge >= 0.3 is 0 Å². The Morgan fingerprint density at radius 1 is 1.35 bits per heavy atom. The van der Waals surface area contributed by atoms with Crippen molar-refractivity contribution in [2.24, 2.45) is 0 Å². The Hall–Kier alpha value is -1.13. The molecule has 2 fully saturated rings. The molecule has 1 aromatic heterocycles. The molecule has 4 nitrogen and oxygen atoms in total. The maximum atomic E-state index is 9.98. The molecular weight excluding hydrogens is 250 g/mol. The second kappa shape index (κ2) is 5.70. The molecule has 2 aliphatic heterocycles. The lowest BCUT2D eigenvalue weighted by atomic mass is 9.96. The van der Waals surface area contributed by atoms with Gasteiger partial charge in [0.2, 0.25) is 0 Å². The van der Waals surface area contributed by atoms with Crippen molar-refractivity contribution >= 4 is 5.82 Å². The average Bonchev–Trinajstić information content (AvgIpc) is 2.46. The minimum Gasteiger partial charge on any atom is -0.389 e. The first-order chi connectivity index (χ1) is 9.66. The van der Waals surface area contributed by atoms with Crippen molar-refractivity contribution in [1.29, 1.82) is 0 Å². The van der Waals surface area contributed by atoms with Gasteiger partial charge in [0.05, 0.1) is 6.10 Å². The third-order valence-corrected chi connectivity index (χ3v) is 4.73. The monoisotopic (exact) mass is 275 g/mol. The second-order valence-electron chi connectivity index (χ2n) is 6.24. The number of rotatable bonds is 2. The van der Waals surface area contributed by atoms with Crippen LogP contribution in [0, 0.1) is 0 Å². The highest BCUT2D eigenvalue weighted by Gasteiger charge is 2.34. The molecule has 110 valence electrons. The van der Waals surface area contributed by atoms with Crippen LogP contribution in [-0.2, 0) is 0 Å². The Morgan fingerprint density at radius 2 is 2.20 bits per heavy atom. The zero-order valence-electron chi connectivity index (χ0n) is 12.5. The quantitative estimate of drug-likeness (QED) is 0.898. The highest BCUT2D eigenvalue weighted by molar-refractivity contribution is 5.49. The van der Waals surface area contributed by atoms with E-state index >= 15 is 0 Å². The number of pyridine rings is 1. The van der Waals surface area contributed by atoms with Crippen LogP contribution in [0.25, 0.3) is 0 Å². The molecule has 3 rings (SSSR count). The summed E-state index contributed by atoms with van der Waals surface area (Å²) in [6.07, 6.45) is 5.34. The van der Waals surface area contributed by atoms with Gasteiger partial charge in [0.1, 0.15) is 5.82 Å². The minimum atomic E-state index is -0.463. The van der Waals surface area contributed by atoms with E-state index < -0.39 is 6.10 Å². The van der Waals surface area contributed by atoms with Crippen LogP contribution in [0.1, 0.15) is 44.8 Å². The Labute approximate surface area is 121 Å². The molecule has 0 saturated carbocycles. The smallest absolute Gasteiger partial charge is 0.134 e. The highest BCUT2D eigenvalue weighted by atomic mass is 16.3. The largest absolute Gasteiger partial charge is 0.389 e. The van der Waals surface area contributed by atoms with Crippen LogP contribution in [0.5, 0.6) is 0 Å². The molecule has 3 unspecified atom stereocenters. The Kier molecular flexibility index (Phi) is 3.94. The van der Waals surface area contributed by atoms with Crippen molar-refractivity contribution in [3.05, 3.63) is 23.9 Å². The zero-order chi connectivity index (χ0) is 14.1. The van der Waals surface area contributed by atoms with E-state index in [2.05, 4.69) is 21.7 Å². The van der Waals surface area contributed by atoms with Crippen molar-refractivity contribution in [2.45, 2.75) is 51.3 Å². The van der Waals surface area contributed by atoms with Crippen molar-refractivity contribution < 1.29 is 5.11 Å². The van der Waals surface area contributed by atoms with Crippen LogP contribution in [0.2, 0.25) is 0 Å². The lowest BCUT2D eigenvalue weighted by Crippen LogP contribution is -2.59. The van der Waals surface area contributed by atoms with Crippen molar-refractivity contribution in [2.75, 3.05) is 24.5 Å². The van der Waals surface area contributed by atoms with E-state index in [0.29, 0.717) is 12.1 Å². The van der Waals surface area contributed by atoms with Gasteiger partial charge in [-0.15, -0.1) is 0 Å². The third-order valence-electron chi connectivity index (χ3n) is 4.73. The molecule has 20 heavy (non-hydrogen) atoms. The van der Waals surface area contributed by atoms with E-state index in [4.69, 9.17) is 0 Å². The van der Waals surface area contributed by atoms with Crippen LogP contribution in [0.3, 0.4) is 0 Å². The highest BCUT2D eigenvalue weighted by Crippen LogP contribution is 2.30. The van der Waals surface area contributed by atoms with Gasteiger partial charge in [-0.3, -0.25) is 4.90 Å². The lowest BCUT2D eigenvalue weighted by Gasteiger charge is -2.48. The standard InChI is InChI=1S/C16H25N3O/c1-12-10-18-9-4-3-6-14(18)11-19(12)16-15(13(2)20)7-5-8-17-16/h5,7-8,12-14,20H,3-4,6,9-11H2,1-2H3. The molecule has 0 radical (unpaired) electrons. The third kappa shape index (κ3) is 2.54. The number of piperidine rings is 1. The number of nitrogens with zero attached hydrogens (tertiary/aromatic N) is 3. The van der Waals surface area contributed by atoms with Crippen LogP contribution >= 0.6 is 0 Å². The first-order valence-electron chi connectivity index (χ1n) is 7.80. The molecule has 3 heterocycles. The molecule has 0 aromatic carbocycles. The van der Waals surface area contributed by atoms with Gasteiger partial charge in [-0.25, -0.2) is 4.98 Å². The SMILES string of the molecule is CC(O)c1cccnc1N1CC2CCCCN2CC1C. The predicted octanol–water partition coefficient (Wildman–Crippen LogP) is 2.20. The number of aliphatic hydroxyl groups excluding tert-OH is 1. The van der Waals surface area contributed by atoms with E-state index in [0.717, 1.165) is 24.5 Å². The van der Waals surface area contributed by atoms with E-state index in [9.17, 15) is 5.11 Å². The first-order valence-corrected chi connectivity index (χ1v) is 7.80. The molecule has 2 aliphatic rings.